The minimum atomic E-state index is -0.697. The van der Waals surface area contributed by atoms with E-state index in [9.17, 15) is 5.11 Å². The standard InChI is InChI=1S/C12H19N3O3S/c1-6(2)7-4-15(12(19)14-11(7)13)10-3-8(17)9(5-16)18-10/h4,6,8-10,16-17H,3,5H2,1-2H3,(H2,13,14,19)/t8-,9+,10+/m0/s1. The van der Waals surface area contributed by atoms with Crippen LogP contribution in [0.3, 0.4) is 0 Å². The molecule has 1 saturated heterocycles. The number of anilines is 1. The monoisotopic (exact) mass is 285 g/mol. The fourth-order valence-electron chi connectivity index (χ4n) is 2.20. The van der Waals surface area contributed by atoms with E-state index in [2.05, 4.69) is 4.98 Å². The van der Waals surface area contributed by atoms with E-state index in [1.807, 2.05) is 20.0 Å². The Morgan fingerprint density at radius 1 is 1.63 bits per heavy atom. The first-order valence-electron chi connectivity index (χ1n) is 6.27. The van der Waals surface area contributed by atoms with Gasteiger partial charge in [-0.25, -0.2) is 4.98 Å². The number of nitrogens with zero attached hydrogens (tertiary/aromatic N) is 2. The summed E-state index contributed by atoms with van der Waals surface area (Å²) in [6.07, 6.45) is 0.518. The van der Waals surface area contributed by atoms with E-state index in [4.69, 9.17) is 27.8 Å². The van der Waals surface area contributed by atoms with Gasteiger partial charge in [0.05, 0.1) is 12.7 Å². The molecule has 4 N–H and O–H groups in total. The number of aliphatic hydroxyl groups excluding tert-OH is 2. The van der Waals surface area contributed by atoms with E-state index < -0.39 is 18.4 Å². The molecule has 0 saturated carbocycles. The second kappa shape index (κ2) is 5.54. The summed E-state index contributed by atoms with van der Waals surface area (Å²) < 4.78 is 7.59. The highest BCUT2D eigenvalue weighted by molar-refractivity contribution is 7.71. The molecule has 1 aromatic rings. The lowest BCUT2D eigenvalue weighted by Gasteiger charge is -2.18. The number of aliphatic hydroxyl groups is 2. The summed E-state index contributed by atoms with van der Waals surface area (Å²) in [6, 6.07) is 0. The van der Waals surface area contributed by atoms with Crippen LogP contribution in [0.1, 0.15) is 38.0 Å². The zero-order chi connectivity index (χ0) is 14.2. The Bertz CT molecular complexity index is 517. The molecule has 7 heteroatoms. The van der Waals surface area contributed by atoms with E-state index in [-0.39, 0.29) is 12.5 Å². The summed E-state index contributed by atoms with van der Waals surface area (Å²) in [6.45, 7) is 3.81. The molecule has 3 atom stereocenters. The van der Waals surface area contributed by atoms with Gasteiger partial charge in [-0.1, -0.05) is 13.8 Å². The molecule has 0 bridgehead atoms. The van der Waals surface area contributed by atoms with Crippen LogP contribution in [0.2, 0.25) is 0 Å². The van der Waals surface area contributed by atoms with E-state index >= 15 is 0 Å². The number of ether oxygens (including phenoxy) is 1. The molecule has 2 rings (SSSR count). The third-order valence-electron chi connectivity index (χ3n) is 3.33. The van der Waals surface area contributed by atoms with Gasteiger partial charge in [0.1, 0.15) is 18.1 Å². The highest BCUT2D eigenvalue weighted by Crippen LogP contribution is 2.30. The Morgan fingerprint density at radius 3 is 2.84 bits per heavy atom. The molecule has 2 heterocycles. The zero-order valence-electron chi connectivity index (χ0n) is 11.0. The lowest BCUT2D eigenvalue weighted by molar-refractivity contribution is -0.0453. The zero-order valence-corrected chi connectivity index (χ0v) is 11.8. The second-order valence-electron chi connectivity index (χ2n) is 5.04. The average molecular weight is 285 g/mol. The predicted octanol–water partition coefficient (Wildman–Crippen LogP) is 0.959. The Morgan fingerprint density at radius 2 is 2.32 bits per heavy atom. The van der Waals surface area contributed by atoms with E-state index in [0.29, 0.717) is 17.0 Å². The van der Waals surface area contributed by atoms with E-state index in [1.165, 1.54) is 0 Å². The first-order valence-corrected chi connectivity index (χ1v) is 6.67. The van der Waals surface area contributed by atoms with Crippen molar-refractivity contribution in [2.45, 2.75) is 44.6 Å². The molecule has 1 aliphatic heterocycles. The summed E-state index contributed by atoms with van der Waals surface area (Å²) in [4.78, 5) is 4.15. The Kier molecular flexibility index (Phi) is 4.19. The number of hydrogen-bond acceptors (Lipinski definition) is 6. The number of nitrogen functional groups attached to an aromatic ring is 1. The van der Waals surface area contributed by atoms with Crippen LogP contribution in [0.5, 0.6) is 0 Å². The maximum atomic E-state index is 9.77. The fraction of sp³-hybridized carbons (Fsp3) is 0.667. The van der Waals surface area contributed by atoms with Gasteiger partial charge in [0.2, 0.25) is 4.77 Å². The van der Waals surface area contributed by atoms with Gasteiger partial charge in [0.25, 0.3) is 0 Å². The van der Waals surface area contributed by atoms with Gasteiger partial charge < -0.3 is 20.7 Å². The van der Waals surface area contributed by atoms with Crippen molar-refractivity contribution in [1.82, 2.24) is 9.55 Å². The molecule has 1 aliphatic rings. The topological polar surface area (TPSA) is 93.5 Å². The molecular formula is C12H19N3O3S. The fourth-order valence-corrected chi connectivity index (χ4v) is 2.47. The van der Waals surface area contributed by atoms with Gasteiger partial charge in [-0.05, 0) is 18.1 Å². The third-order valence-corrected chi connectivity index (χ3v) is 3.63. The SMILES string of the molecule is CC(C)c1cn([C@H]2C[C@H](O)[C@@H](CO)O2)c(=S)nc1N. The minimum absolute atomic E-state index is 0.217. The maximum absolute atomic E-state index is 9.77. The normalized spacial score (nSPS) is 27.1. The largest absolute Gasteiger partial charge is 0.394 e. The van der Waals surface area contributed by atoms with E-state index in [1.54, 1.807) is 4.57 Å². The van der Waals surface area contributed by atoms with Crippen molar-refractivity contribution in [1.29, 1.82) is 0 Å². The van der Waals surface area contributed by atoms with Crippen molar-refractivity contribution in [3.05, 3.63) is 16.5 Å². The number of hydrogen-bond donors (Lipinski definition) is 3. The molecule has 0 aliphatic carbocycles. The van der Waals surface area contributed by atoms with Crippen LogP contribution in [-0.4, -0.2) is 38.6 Å². The van der Waals surface area contributed by atoms with Gasteiger partial charge in [0.15, 0.2) is 0 Å². The molecule has 0 unspecified atom stereocenters. The van der Waals surface area contributed by atoms with Crippen molar-refractivity contribution >= 4 is 18.0 Å². The molecule has 19 heavy (non-hydrogen) atoms. The van der Waals surface area contributed by atoms with Crippen LogP contribution >= 0.6 is 12.2 Å². The molecule has 1 aromatic heterocycles. The number of nitrogens with two attached hydrogens (primary N) is 1. The van der Waals surface area contributed by atoms with Gasteiger partial charge in [-0.15, -0.1) is 0 Å². The average Bonchev–Trinajstić information content (AvgIpc) is 2.69. The van der Waals surface area contributed by atoms with Crippen molar-refractivity contribution < 1.29 is 14.9 Å². The summed E-state index contributed by atoms with van der Waals surface area (Å²) in [5, 5.41) is 18.9. The minimum Gasteiger partial charge on any atom is -0.394 e. The van der Waals surface area contributed by atoms with Crippen LogP contribution in [0, 0.1) is 4.77 Å². The lowest BCUT2D eigenvalue weighted by atomic mass is 10.1. The van der Waals surface area contributed by atoms with E-state index in [0.717, 1.165) is 5.56 Å². The Hall–Kier alpha value is -1.02. The van der Waals surface area contributed by atoms with Crippen molar-refractivity contribution in [3.8, 4) is 0 Å². The Balaban J connectivity index is 2.36. The van der Waals surface area contributed by atoms with Crippen molar-refractivity contribution in [2.75, 3.05) is 12.3 Å². The molecule has 0 radical (unpaired) electrons. The van der Waals surface area contributed by atoms with Gasteiger partial charge in [-0.3, -0.25) is 4.57 Å². The molecule has 0 aromatic carbocycles. The summed E-state index contributed by atoms with van der Waals surface area (Å²) in [5.74, 6) is 0.641. The molecule has 0 amide bonds. The summed E-state index contributed by atoms with van der Waals surface area (Å²) in [7, 11) is 0. The summed E-state index contributed by atoms with van der Waals surface area (Å²) in [5.41, 5.74) is 6.74. The number of aromatic nitrogens is 2. The lowest BCUT2D eigenvalue weighted by Crippen LogP contribution is -2.24. The van der Waals surface area contributed by atoms with Crippen LogP contribution < -0.4 is 5.73 Å². The van der Waals surface area contributed by atoms with Crippen LogP contribution in [0.4, 0.5) is 5.82 Å². The molecule has 1 fully saturated rings. The van der Waals surface area contributed by atoms with Crippen LogP contribution in [0.15, 0.2) is 6.20 Å². The molecular weight excluding hydrogens is 266 g/mol. The second-order valence-corrected chi connectivity index (χ2v) is 5.41. The highest BCUT2D eigenvalue weighted by Gasteiger charge is 2.34. The third kappa shape index (κ3) is 2.79. The maximum Gasteiger partial charge on any atom is 0.203 e. The first-order chi connectivity index (χ1) is 8.93. The number of rotatable bonds is 3. The quantitative estimate of drug-likeness (QED) is 0.716. The van der Waals surface area contributed by atoms with Gasteiger partial charge in [-0.2, -0.15) is 0 Å². The van der Waals surface area contributed by atoms with Gasteiger partial charge in [0, 0.05) is 18.2 Å². The predicted molar refractivity (Wildman–Crippen MR) is 73.2 cm³/mol. The summed E-state index contributed by atoms with van der Waals surface area (Å²) >= 11 is 5.18. The van der Waals surface area contributed by atoms with Crippen molar-refractivity contribution in [2.24, 2.45) is 0 Å². The molecule has 6 nitrogen and oxygen atoms in total. The highest BCUT2D eigenvalue weighted by atomic mass is 32.1. The molecule has 106 valence electrons. The molecule has 0 spiro atoms. The first kappa shape index (κ1) is 14.4. The van der Waals surface area contributed by atoms with Crippen LogP contribution in [-0.2, 0) is 4.74 Å². The van der Waals surface area contributed by atoms with Crippen molar-refractivity contribution in [3.63, 3.8) is 0 Å². The van der Waals surface area contributed by atoms with Gasteiger partial charge >= 0.3 is 0 Å². The van der Waals surface area contributed by atoms with Crippen LogP contribution in [0.25, 0.3) is 0 Å². The Labute approximate surface area is 116 Å². The smallest absolute Gasteiger partial charge is 0.203 e.